The van der Waals surface area contributed by atoms with E-state index in [1.165, 1.54) is 12.1 Å². The van der Waals surface area contributed by atoms with Crippen molar-refractivity contribution in [3.63, 3.8) is 0 Å². The van der Waals surface area contributed by atoms with E-state index in [1.54, 1.807) is 29.2 Å². The van der Waals surface area contributed by atoms with Gasteiger partial charge in [-0.3, -0.25) is 4.79 Å². The van der Waals surface area contributed by atoms with Crippen LogP contribution in [0.5, 0.6) is 5.75 Å². The quantitative estimate of drug-likeness (QED) is 0.615. The molecule has 1 N–H and O–H groups in total. The molecule has 1 aliphatic rings. The lowest BCUT2D eigenvalue weighted by atomic mass is 9.97. The Morgan fingerprint density at radius 3 is 2.97 bits per heavy atom. The zero-order valence-electron chi connectivity index (χ0n) is 15.7. The number of phenols is 1. The summed E-state index contributed by atoms with van der Waals surface area (Å²) in [6.45, 7) is 2.87. The fourth-order valence-corrected chi connectivity index (χ4v) is 4.15. The van der Waals surface area contributed by atoms with Gasteiger partial charge in [0.05, 0.1) is 16.0 Å². The van der Waals surface area contributed by atoms with E-state index in [1.807, 2.05) is 6.92 Å². The smallest absolute Gasteiger partial charge is 0.257 e. The van der Waals surface area contributed by atoms with Crippen LogP contribution in [-0.2, 0) is 0 Å². The molecule has 1 amide bonds. The molecular weight excluding hydrogens is 441 g/mol. The highest BCUT2D eigenvalue weighted by Gasteiger charge is 2.30. The number of amides is 1. The Balaban J connectivity index is 1.54. The van der Waals surface area contributed by atoms with Crippen molar-refractivity contribution in [3.8, 4) is 17.1 Å². The first-order chi connectivity index (χ1) is 13.9. The fourth-order valence-electron chi connectivity index (χ4n) is 3.58. The van der Waals surface area contributed by atoms with Crippen LogP contribution in [-0.4, -0.2) is 39.1 Å². The van der Waals surface area contributed by atoms with Crippen LogP contribution >= 0.6 is 15.9 Å². The number of carbonyl (C=O) groups excluding carboxylic acids is 1. The van der Waals surface area contributed by atoms with Gasteiger partial charge in [0.15, 0.2) is 0 Å². The Bertz CT molecular complexity index is 1070. The largest absolute Gasteiger partial charge is 0.506 e. The summed E-state index contributed by atoms with van der Waals surface area (Å²) < 4.78 is 19.4. The molecule has 1 saturated heterocycles. The zero-order valence-corrected chi connectivity index (χ0v) is 17.3. The van der Waals surface area contributed by atoms with Crippen molar-refractivity contribution < 1.29 is 18.8 Å². The molecule has 6 nitrogen and oxygen atoms in total. The first kappa shape index (κ1) is 19.6. The van der Waals surface area contributed by atoms with E-state index < -0.39 is 0 Å². The highest BCUT2D eigenvalue weighted by atomic mass is 79.9. The summed E-state index contributed by atoms with van der Waals surface area (Å²) in [6, 6.07) is 9.46. The van der Waals surface area contributed by atoms with Gasteiger partial charge in [0.1, 0.15) is 11.6 Å². The molecule has 1 aliphatic heterocycles. The SMILES string of the molecule is Cc1cc(Br)c(O)c(C(=O)N2CCCC(c3nc(-c4cccc(F)c4)no3)C2)c1. The molecule has 8 heteroatoms. The monoisotopic (exact) mass is 459 g/mol. The van der Waals surface area contributed by atoms with E-state index >= 15 is 0 Å². The Morgan fingerprint density at radius 1 is 1.34 bits per heavy atom. The van der Waals surface area contributed by atoms with Crippen LogP contribution in [0.4, 0.5) is 4.39 Å². The third-order valence-corrected chi connectivity index (χ3v) is 5.63. The molecule has 3 aromatic rings. The topological polar surface area (TPSA) is 79.5 Å². The Kier molecular flexibility index (Phi) is 5.36. The third kappa shape index (κ3) is 4.03. The number of aromatic hydroxyl groups is 1. The molecule has 1 fully saturated rings. The molecule has 0 spiro atoms. The normalized spacial score (nSPS) is 16.8. The number of benzene rings is 2. The molecule has 0 radical (unpaired) electrons. The molecule has 1 atom stereocenters. The molecule has 0 aliphatic carbocycles. The molecular formula is C21H19BrFN3O3. The number of carbonyl (C=O) groups is 1. The minimum absolute atomic E-state index is 0.0612. The number of piperidine rings is 1. The maximum atomic E-state index is 13.5. The zero-order chi connectivity index (χ0) is 20.5. The van der Waals surface area contributed by atoms with Gasteiger partial charge in [0, 0.05) is 18.7 Å². The van der Waals surface area contributed by atoms with E-state index in [4.69, 9.17) is 4.52 Å². The highest BCUT2D eigenvalue weighted by Crippen LogP contribution is 2.33. The molecule has 2 heterocycles. The van der Waals surface area contributed by atoms with E-state index in [0.717, 1.165) is 18.4 Å². The van der Waals surface area contributed by atoms with Gasteiger partial charge in [-0.15, -0.1) is 0 Å². The number of halogens is 2. The number of rotatable bonds is 3. The Hall–Kier alpha value is -2.74. The molecule has 2 aromatic carbocycles. The molecule has 150 valence electrons. The van der Waals surface area contributed by atoms with Crippen molar-refractivity contribution >= 4 is 21.8 Å². The summed E-state index contributed by atoms with van der Waals surface area (Å²) in [4.78, 5) is 19.1. The average Bonchev–Trinajstić information content (AvgIpc) is 3.21. The molecule has 4 rings (SSSR count). The van der Waals surface area contributed by atoms with Crippen LogP contribution in [0, 0.1) is 12.7 Å². The van der Waals surface area contributed by atoms with E-state index in [9.17, 15) is 14.3 Å². The molecule has 1 aromatic heterocycles. The maximum Gasteiger partial charge on any atom is 0.257 e. The lowest BCUT2D eigenvalue weighted by Crippen LogP contribution is -2.39. The summed E-state index contributed by atoms with van der Waals surface area (Å²) in [5.74, 6) is -0.0275. The van der Waals surface area contributed by atoms with Crippen LogP contribution < -0.4 is 0 Å². The van der Waals surface area contributed by atoms with Crippen molar-refractivity contribution in [1.29, 1.82) is 0 Å². The van der Waals surface area contributed by atoms with Gasteiger partial charge >= 0.3 is 0 Å². The van der Waals surface area contributed by atoms with Crippen molar-refractivity contribution in [3.05, 3.63) is 63.7 Å². The van der Waals surface area contributed by atoms with Crippen LogP contribution in [0.2, 0.25) is 0 Å². The standard InChI is InChI=1S/C21H19BrFN3O3/c1-12-8-16(18(27)17(22)9-12)21(28)26-7-3-5-14(11-26)20-24-19(25-29-20)13-4-2-6-15(23)10-13/h2,4,6,8-10,14,27H,3,5,7,11H2,1H3. The summed E-state index contributed by atoms with van der Waals surface area (Å²) in [7, 11) is 0. The summed E-state index contributed by atoms with van der Waals surface area (Å²) in [6.07, 6.45) is 1.58. The minimum Gasteiger partial charge on any atom is -0.506 e. The van der Waals surface area contributed by atoms with Crippen molar-refractivity contribution in [2.75, 3.05) is 13.1 Å². The van der Waals surface area contributed by atoms with Gasteiger partial charge in [-0.25, -0.2) is 4.39 Å². The summed E-state index contributed by atoms with van der Waals surface area (Å²) in [5.41, 5.74) is 1.69. The predicted octanol–water partition coefficient (Wildman–Crippen LogP) is 4.67. The second kappa shape index (κ2) is 7.94. The molecule has 1 unspecified atom stereocenters. The lowest BCUT2D eigenvalue weighted by molar-refractivity contribution is 0.0692. The van der Waals surface area contributed by atoms with Crippen LogP contribution in [0.25, 0.3) is 11.4 Å². The number of aryl methyl sites for hydroxylation is 1. The van der Waals surface area contributed by atoms with Gasteiger partial charge in [-0.05, 0) is 65.5 Å². The number of nitrogens with zero attached hydrogens (tertiary/aromatic N) is 3. The first-order valence-electron chi connectivity index (χ1n) is 9.30. The molecule has 29 heavy (non-hydrogen) atoms. The molecule has 0 bridgehead atoms. The van der Waals surface area contributed by atoms with Crippen molar-refractivity contribution in [1.82, 2.24) is 15.0 Å². The number of phenolic OH excluding ortho intramolecular Hbond substituents is 1. The van der Waals surface area contributed by atoms with Crippen molar-refractivity contribution in [2.45, 2.75) is 25.7 Å². The van der Waals surface area contributed by atoms with Gasteiger partial charge in [-0.2, -0.15) is 4.98 Å². The number of hydrogen-bond donors (Lipinski definition) is 1. The van der Waals surface area contributed by atoms with Crippen LogP contribution in [0.15, 0.2) is 45.4 Å². The number of likely N-dealkylation sites (tertiary alicyclic amines) is 1. The second-order valence-corrected chi connectivity index (χ2v) is 8.05. The Labute approximate surface area is 175 Å². The number of aromatic nitrogens is 2. The van der Waals surface area contributed by atoms with E-state index in [-0.39, 0.29) is 29.0 Å². The minimum atomic E-state index is -0.368. The highest BCUT2D eigenvalue weighted by molar-refractivity contribution is 9.10. The first-order valence-corrected chi connectivity index (χ1v) is 10.1. The number of hydrogen-bond acceptors (Lipinski definition) is 5. The predicted molar refractivity (Wildman–Crippen MR) is 108 cm³/mol. The third-order valence-electron chi connectivity index (χ3n) is 5.02. The van der Waals surface area contributed by atoms with Crippen molar-refractivity contribution in [2.24, 2.45) is 0 Å². The van der Waals surface area contributed by atoms with Gasteiger partial charge in [0.2, 0.25) is 11.7 Å². The summed E-state index contributed by atoms with van der Waals surface area (Å²) in [5, 5.41) is 14.3. The van der Waals surface area contributed by atoms with Gasteiger partial charge < -0.3 is 14.5 Å². The van der Waals surface area contributed by atoms with Crippen LogP contribution in [0.3, 0.4) is 0 Å². The average molecular weight is 460 g/mol. The maximum absolute atomic E-state index is 13.5. The van der Waals surface area contributed by atoms with Crippen LogP contribution in [0.1, 0.15) is 40.6 Å². The van der Waals surface area contributed by atoms with Gasteiger partial charge in [-0.1, -0.05) is 17.3 Å². The van der Waals surface area contributed by atoms with E-state index in [0.29, 0.717) is 34.8 Å². The fraction of sp³-hybridized carbons (Fsp3) is 0.286. The Morgan fingerprint density at radius 2 is 2.17 bits per heavy atom. The van der Waals surface area contributed by atoms with Gasteiger partial charge in [0.25, 0.3) is 5.91 Å². The second-order valence-electron chi connectivity index (χ2n) is 7.20. The lowest BCUT2D eigenvalue weighted by Gasteiger charge is -2.31. The van der Waals surface area contributed by atoms with E-state index in [2.05, 4.69) is 26.1 Å². The summed E-state index contributed by atoms with van der Waals surface area (Å²) >= 11 is 3.29. The molecule has 0 saturated carbocycles.